The van der Waals surface area contributed by atoms with Crippen molar-refractivity contribution in [3.05, 3.63) is 59.7 Å². The normalized spacial score (nSPS) is 17.2. The summed E-state index contributed by atoms with van der Waals surface area (Å²) in [5.41, 5.74) is -0.122. The van der Waals surface area contributed by atoms with Crippen LogP contribution >= 0.6 is 11.3 Å². The topological polar surface area (TPSA) is 42.4 Å². The molecule has 0 N–H and O–H groups in total. The number of para-hydroxylation sites is 1. The van der Waals surface area contributed by atoms with Crippen molar-refractivity contribution in [2.24, 2.45) is 0 Å². The number of amides is 1. The minimum atomic E-state index is -4.51. The van der Waals surface area contributed by atoms with Crippen LogP contribution in [-0.2, 0) is 10.9 Å². The van der Waals surface area contributed by atoms with Crippen LogP contribution in [-0.4, -0.2) is 30.1 Å². The van der Waals surface area contributed by atoms with Crippen molar-refractivity contribution in [2.45, 2.75) is 25.1 Å². The van der Waals surface area contributed by atoms with E-state index in [0.717, 1.165) is 35.2 Å². The third kappa shape index (κ3) is 3.88. The van der Waals surface area contributed by atoms with Crippen LogP contribution in [0.3, 0.4) is 0 Å². The molecule has 0 radical (unpaired) electrons. The van der Waals surface area contributed by atoms with E-state index >= 15 is 0 Å². The molecule has 1 aromatic heterocycles. The number of ether oxygens (including phenoxy) is 1. The fourth-order valence-corrected chi connectivity index (χ4v) is 4.17. The van der Waals surface area contributed by atoms with Crippen LogP contribution in [0, 0.1) is 0 Å². The van der Waals surface area contributed by atoms with E-state index in [1.165, 1.54) is 28.4 Å². The maximum absolute atomic E-state index is 13.2. The number of halogens is 3. The lowest BCUT2D eigenvalue weighted by Crippen LogP contribution is -2.37. The first-order valence-electron chi connectivity index (χ1n) is 8.88. The molecule has 0 bridgehead atoms. The Labute approximate surface area is 163 Å². The van der Waals surface area contributed by atoms with Crippen molar-refractivity contribution in [2.75, 3.05) is 18.1 Å². The Morgan fingerprint density at radius 2 is 2.04 bits per heavy atom. The van der Waals surface area contributed by atoms with E-state index in [0.29, 0.717) is 11.7 Å². The van der Waals surface area contributed by atoms with Gasteiger partial charge in [-0.1, -0.05) is 29.5 Å². The standard InChI is InChI=1S/C20H17F3N2O2S/c21-20(22,23)14-6-3-5-13(11-14)18(26)25(12-15-7-4-10-27-15)19-24-16-8-1-2-9-17(16)28-19/h1-3,5-6,8-9,11,15H,4,7,10,12H2/t15-/m1/s1. The second kappa shape index (κ2) is 7.52. The molecule has 4 rings (SSSR count). The zero-order chi connectivity index (χ0) is 19.7. The van der Waals surface area contributed by atoms with Gasteiger partial charge >= 0.3 is 6.18 Å². The number of aromatic nitrogens is 1. The molecule has 0 aliphatic carbocycles. The minimum Gasteiger partial charge on any atom is -0.376 e. The van der Waals surface area contributed by atoms with E-state index in [4.69, 9.17) is 4.74 Å². The van der Waals surface area contributed by atoms with Crippen molar-refractivity contribution in [3.63, 3.8) is 0 Å². The summed E-state index contributed by atoms with van der Waals surface area (Å²) in [4.78, 5) is 19.1. The van der Waals surface area contributed by atoms with Crippen LogP contribution in [0.25, 0.3) is 10.2 Å². The molecule has 2 heterocycles. The second-order valence-electron chi connectivity index (χ2n) is 6.59. The Morgan fingerprint density at radius 1 is 1.21 bits per heavy atom. The molecule has 1 saturated heterocycles. The molecule has 0 unspecified atom stereocenters. The van der Waals surface area contributed by atoms with Crippen LogP contribution in [0.15, 0.2) is 48.5 Å². The van der Waals surface area contributed by atoms with Gasteiger partial charge in [0, 0.05) is 12.2 Å². The molecule has 1 atom stereocenters. The highest BCUT2D eigenvalue weighted by atomic mass is 32.1. The van der Waals surface area contributed by atoms with Crippen LogP contribution < -0.4 is 4.90 Å². The van der Waals surface area contributed by atoms with E-state index in [9.17, 15) is 18.0 Å². The Bertz CT molecular complexity index is 963. The van der Waals surface area contributed by atoms with Gasteiger partial charge in [0.2, 0.25) is 0 Å². The van der Waals surface area contributed by atoms with Gasteiger partial charge in [-0.25, -0.2) is 4.98 Å². The average Bonchev–Trinajstić information content (AvgIpc) is 3.34. The molecule has 28 heavy (non-hydrogen) atoms. The average molecular weight is 406 g/mol. The van der Waals surface area contributed by atoms with Crippen LogP contribution in [0.5, 0.6) is 0 Å². The number of hydrogen-bond donors (Lipinski definition) is 0. The first-order chi connectivity index (χ1) is 13.4. The summed E-state index contributed by atoms with van der Waals surface area (Å²) in [5.74, 6) is -0.513. The van der Waals surface area contributed by atoms with Gasteiger partial charge in [-0.2, -0.15) is 13.2 Å². The molecule has 0 saturated carbocycles. The van der Waals surface area contributed by atoms with E-state index in [-0.39, 0.29) is 18.2 Å². The smallest absolute Gasteiger partial charge is 0.376 e. The van der Waals surface area contributed by atoms with Crippen LogP contribution in [0.1, 0.15) is 28.8 Å². The van der Waals surface area contributed by atoms with E-state index in [2.05, 4.69) is 4.98 Å². The fourth-order valence-electron chi connectivity index (χ4n) is 3.20. The van der Waals surface area contributed by atoms with Gasteiger partial charge in [-0.05, 0) is 43.2 Å². The van der Waals surface area contributed by atoms with Gasteiger partial charge < -0.3 is 4.74 Å². The fraction of sp³-hybridized carbons (Fsp3) is 0.300. The van der Waals surface area contributed by atoms with Crippen LogP contribution in [0.2, 0.25) is 0 Å². The molecule has 8 heteroatoms. The van der Waals surface area contributed by atoms with Gasteiger partial charge in [0.25, 0.3) is 5.91 Å². The second-order valence-corrected chi connectivity index (χ2v) is 7.60. The first kappa shape index (κ1) is 18.9. The van der Waals surface area contributed by atoms with Crippen molar-refractivity contribution >= 4 is 32.6 Å². The summed E-state index contributed by atoms with van der Waals surface area (Å²) in [6, 6.07) is 12.0. The van der Waals surface area contributed by atoms with Gasteiger partial charge in [0.05, 0.1) is 28.4 Å². The lowest BCUT2D eigenvalue weighted by molar-refractivity contribution is -0.137. The number of thiazole rings is 1. The number of carbonyl (C=O) groups excluding carboxylic acids is 1. The van der Waals surface area contributed by atoms with Crippen molar-refractivity contribution in [1.29, 1.82) is 0 Å². The molecule has 1 aliphatic heterocycles. The summed E-state index contributed by atoms with van der Waals surface area (Å²) in [5, 5.41) is 0.458. The summed E-state index contributed by atoms with van der Waals surface area (Å²) in [6.45, 7) is 0.880. The highest BCUT2D eigenvalue weighted by Gasteiger charge is 2.32. The van der Waals surface area contributed by atoms with Crippen LogP contribution in [0.4, 0.5) is 18.3 Å². The molecular weight excluding hydrogens is 389 g/mol. The molecule has 1 aliphatic rings. The third-order valence-electron chi connectivity index (χ3n) is 4.61. The lowest BCUT2D eigenvalue weighted by atomic mass is 10.1. The van der Waals surface area contributed by atoms with Gasteiger partial charge in [0.15, 0.2) is 5.13 Å². The Hall–Kier alpha value is -2.45. The quantitative estimate of drug-likeness (QED) is 0.602. The monoisotopic (exact) mass is 406 g/mol. The van der Waals surface area contributed by atoms with Crippen molar-refractivity contribution < 1.29 is 22.7 Å². The number of carbonyl (C=O) groups is 1. The number of benzene rings is 2. The molecule has 146 valence electrons. The maximum Gasteiger partial charge on any atom is 0.416 e. The highest BCUT2D eigenvalue weighted by Crippen LogP contribution is 2.33. The number of anilines is 1. The Balaban J connectivity index is 1.71. The Morgan fingerprint density at radius 3 is 2.75 bits per heavy atom. The zero-order valence-electron chi connectivity index (χ0n) is 14.8. The summed E-state index contributed by atoms with van der Waals surface area (Å²) < 4.78 is 45.8. The van der Waals surface area contributed by atoms with E-state index in [1.807, 2.05) is 24.3 Å². The minimum absolute atomic E-state index is 0.0212. The van der Waals surface area contributed by atoms with Gasteiger partial charge in [-0.15, -0.1) is 0 Å². The number of alkyl halides is 3. The molecule has 1 fully saturated rings. The predicted octanol–water partition coefficient (Wildman–Crippen LogP) is 5.14. The number of fused-ring (bicyclic) bond motifs is 1. The number of hydrogen-bond acceptors (Lipinski definition) is 4. The summed E-state index contributed by atoms with van der Waals surface area (Å²) >= 11 is 1.34. The largest absolute Gasteiger partial charge is 0.416 e. The Kier molecular flexibility index (Phi) is 5.07. The molecule has 0 spiro atoms. The molecule has 4 nitrogen and oxygen atoms in total. The van der Waals surface area contributed by atoms with Gasteiger partial charge in [0.1, 0.15) is 0 Å². The molecule has 1 amide bonds. The van der Waals surface area contributed by atoms with Crippen molar-refractivity contribution in [1.82, 2.24) is 4.98 Å². The van der Waals surface area contributed by atoms with Crippen molar-refractivity contribution in [3.8, 4) is 0 Å². The van der Waals surface area contributed by atoms with E-state index < -0.39 is 17.6 Å². The van der Waals surface area contributed by atoms with Gasteiger partial charge in [-0.3, -0.25) is 9.69 Å². The molecule has 3 aromatic rings. The number of rotatable bonds is 4. The molecule has 2 aromatic carbocycles. The first-order valence-corrected chi connectivity index (χ1v) is 9.70. The zero-order valence-corrected chi connectivity index (χ0v) is 15.6. The third-order valence-corrected chi connectivity index (χ3v) is 5.67. The summed E-state index contributed by atoms with van der Waals surface area (Å²) in [7, 11) is 0. The maximum atomic E-state index is 13.2. The molecular formula is C20H17F3N2O2S. The highest BCUT2D eigenvalue weighted by molar-refractivity contribution is 7.22. The lowest BCUT2D eigenvalue weighted by Gasteiger charge is -2.23. The van der Waals surface area contributed by atoms with E-state index in [1.54, 1.807) is 0 Å². The predicted molar refractivity (Wildman–Crippen MR) is 102 cm³/mol. The SMILES string of the molecule is O=C(c1cccc(C(F)(F)F)c1)N(C[C@H]1CCCO1)c1nc2ccccc2s1. The summed E-state index contributed by atoms with van der Waals surface area (Å²) in [6.07, 6.45) is -2.96. The number of nitrogens with zero attached hydrogens (tertiary/aromatic N) is 2.